The van der Waals surface area contributed by atoms with Crippen molar-refractivity contribution < 1.29 is 18.7 Å². The van der Waals surface area contributed by atoms with Crippen LogP contribution < -0.4 is 4.74 Å². The standard InChI is InChI=1S/C18H21N3O4/c1-12-19-20-17(25-12)16-10-21(8-9-23-16)18(22)14-4-2-3-5-15(14)24-11-13-6-7-13/h2-5,13,16H,6-11H2,1H3/t16-/m1/s1. The van der Waals surface area contributed by atoms with E-state index in [1.165, 1.54) is 12.8 Å². The van der Waals surface area contributed by atoms with Gasteiger partial charge in [-0.1, -0.05) is 12.1 Å². The van der Waals surface area contributed by atoms with Crippen LogP contribution in [0.2, 0.25) is 0 Å². The summed E-state index contributed by atoms with van der Waals surface area (Å²) in [7, 11) is 0. The average molecular weight is 343 g/mol. The van der Waals surface area contributed by atoms with Crippen LogP contribution >= 0.6 is 0 Å². The summed E-state index contributed by atoms with van der Waals surface area (Å²) in [5.74, 6) is 2.12. The second-order valence-corrected chi connectivity index (χ2v) is 6.52. The molecule has 2 heterocycles. The molecule has 1 atom stereocenters. The van der Waals surface area contributed by atoms with Crippen molar-refractivity contribution in [2.45, 2.75) is 25.9 Å². The number of aryl methyl sites for hydroxylation is 1. The molecule has 1 aromatic carbocycles. The van der Waals surface area contributed by atoms with Crippen molar-refractivity contribution in [3.05, 3.63) is 41.6 Å². The molecule has 7 heteroatoms. The van der Waals surface area contributed by atoms with Crippen molar-refractivity contribution in [3.63, 3.8) is 0 Å². The minimum Gasteiger partial charge on any atom is -0.492 e. The molecule has 0 spiro atoms. The van der Waals surface area contributed by atoms with E-state index in [0.29, 0.717) is 55.3 Å². The largest absolute Gasteiger partial charge is 0.492 e. The molecule has 1 aliphatic heterocycles. The van der Waals surface area contributed by atoms with Crippen LogP contribution in [0.5, 0.6) is 5.75 Å². The van der Waals surface area contributed by atoms with Crippen LogP contribution in [0.4, 0.5) is 0 Å². The van der Waals surface area contributed by atoms with Gasteiger partial charge in [-0.25, -0.2) is 0 Å². The summed E-state index contributed by atoms with van der Waals surface area (Å²) in [6.07, 6.45) is 2.04. The number of carbonyl (C=O) groups is 1. The van der Waals surface area contributed by atoms with E-state index >= 15 is 0 Å². The maximum Gasteiger partial charge on any atom is 0.257 e. The van der Waals surface area contributed by atoms with Crippen LogP contribution in [0.15, 0.2) is 28.7 Å². The maximum absolute atomic E-state index is 13.0. The second kappa shape index (κ2) is 6.84. The van der Waals surface area contributed by atoms with Crippen molar-refractivity contribution in [1.82, 2.24) is 15.1 Å². The molecule has 1 saturated carbocycles. The summed E-state index contributed by atoms with van der Waals surface area (Å²) < 4.78 is 17.0. The number of hydrogen-bond donors (Lipinski definition) is 0. The first-order valence-electron chi connectivity index (χ1n) is 8.63. The van der Waals surface area contributed by atoms with Gasteiger partial charge in [0.15, 0.2) is 6.10 Å². The summed E-state index contributed by atoms with van der Waals surface area (Å²) in [5, 5.41) is 7.84. The first-order valence-corrected chi connectivity index (χ1v) is 8.63. The molecule has 1 aromatic heterocycles. The predicted octanol–water partition coefficient (Wildman–Crippen LogP) is 2.38. The molecule has 0 bridgehead atoms. The molecule has 0 radical (unpaired) electrons. The zero-order valence-corrected chi connectivity index (χ0v) is 14.2. The number of ether oxygens (including phenoxy) is 2. The summed E-state index contributed by atoms with van der Waals surface area (Å²) in [6, 6.07) is 7.42. The monoisotopic (exact) mass is 343 g/mol. The van der Waals surface area contributed by atoms with E-state index in [4.69, 9.17) is 13.9 Å². The van der Waals surface area contributed by atoms with Gasteiger partial charge >= 0.3 is 0 Å². The SMILES string of the molecule is Cc1nnc([C@H]2CN(C(=O)c3ccccc3OCC3CC3)CCO2)o1. The lowest BCUT2D eigenvalue weighted by Crippen LogP contribution is -2.42. The number of carbonyl (C=O) groups excluding carboxylic acids is 1. The molecule has 2 aromatic rings. The lowest BCUT2D eigenvalue weighted by Gasteiger charge is -2.31. The summed E-state index contributed by atoms with van der Waals surface area (Å²) in [5.41, 5.74) is 0.588. The second-order valence-electron chi connectivity index (χ2n) is 6.52. The van der Waals surface area contributed by atoms with E-state index in [9.17, 15) is 4.79 Å². The van der Waals surface area contributed by atoms with Gasteiger partial charge in [-0.15, -0.1) is 10.2 Å². The summed E-state index contributed by atoms with van der Waals surface area (Å²) in [6.45, 7) is 3.76. The van der Waals surface area contributed by atoms with Crippen LogP contribution in [0.1, 0.15) is 41.1 Å². The Kier molecular flexibility index (Phi) is 4.40. The molecule has 7 nitrogen and oxygen atoms in total. The van der Waals surface area contributed by atoms with E-state index < -0.39 is 6.10 Å². The number of morpholine rings is 1. The number of amides is 1. The average Bonchev–Trinajstić information content (AvgIpc) is 3.38. The zero-order chi connectivity index (χ0) is 17.2. The molecule has 25 heavy (non-hydrogen) atoms. The Labute approximate surface area is 145 Å². The fraction of sp³-hybridized carbons (Fsp3) is 0.500. The molecular weight excluding hydrogens is 322 g/mol. The van der Waals surface area contributed by atoms with Crippen LogP contribution in [-0.2, 0) is 4.74 Å². The smallest absolute Gasteiger partial charge is 0.257 e. The molecule has 132 valence electrons. The minimum absolute atomic E-state index is 0.0593. The van der Waals surface area contributed by atoms with Gasteiger partial charge in [0.25, 0.3) is 5.91 Å². The summed E-state index contributed by atoms with van der Waals surface area (Å²) >= 11 is 0. The first-order chi connectivity index (χ1) is 12.2. The number of benzene rings is 1. The Morgan fingerprint density at radius 3 is 2.92 bits per heavy atom. The molecule has 1 amide bonds. The van der Waals surface area contributed by atoms with Crippen LogP contribution in [0.3, 0.4) is 0 Å². The summed E-state index contributed by atoms with van der Waals surface area (Å²) in [4.78, 5) is 14.7. The van der Waals surface area contributed by atoms with Gasteiger partial charge in [-0.2, -0.15) is 0 Å². The fourth-order valence-corrected chi connectivity index (χ4v) is 2.86. The van der Waals surface area contributed by atoms with Gasteiger partial charge in [0.2, 0.25) is 11.8 Å². The number of nitrogens with zero attached hydrogens (tertiary/aromatic N) is 3. The van der Waals surface area contributed by atoms with E-state index in [-0.39, 0.29) is 5.91 Å². The van der Waals surface area contributed by atoms with E-state index in [0.717, 1.165) is 0 Å². The Morgan fingerprint density at radius 2 is 2.16 bits per heavy atom. The quantitative estimate of drug-likeness (QED) is 0.829. The highest BCUT2D eigenvalue weighted by Gasteiger charge is 2.31. The van der Waals surface area contributed by atoms with Crippen molar-refractivity contribution >= 4 is 5.91 Å². The van der Waals surface area contributed by atoms with Gasteiger partial charge in [-0.05, 0) is 30.9 Å². The highest BCUT2D eigenvalue weighted by molar-refractivity contribution is 5.97. The molecule has 0 unspecified atom stereocenters. The number of hydrogen-bond acceptors (Lipinski definition) is 6. The van der Waals surface area contributed by atoms with Gasteiger partial charge in [0.1, 0.15) is 5.75 Å². The van der Waals surface area contributed by atoms with Crippen molar-refractivity contribution in [1.29, 1.82) is 0 Å². The van der Waals surface area contributed by atoms with Crippen LogP contribution in [0, 0.1) is 12.8 Å². The Balaban J connectivity index is 1.48. The fourth-order valence-electron chi connectivity index (χ4n) is 2.86. The van der Waals surface area contributed by atoms with E-state index in [1.54, 1.807) is 11.8 Å². The molecule has 1 aliphatic carbocycles. The molecule has 4 rings (SSSR count). The number of rotatable bonds is 5. The predicted molar refractivity (Wildman–Crippen MR) is 88.3 cm³/mol. The van der Waals surface area contributed by atoms with Gasteiger partial charge in [-0.3, -0.25) is 4.79 Å². The lowest BCUT2D eigenvalue weighted by molar-refractivity contribution is -0.0350. The molecule has 2 fully saturated rings. The highest BCUT2D eigenvalue weighted by atomic mass is 16.5. The van der Waals surface area contributed by atoms with Crippen LogP contribution in [0.25, 0.3) is 0 Å². The van der Waals surface area contributed by atoms with Gasteiger partial charge < -0.3 is 18.8 Å². The highest BCUT2D eigenvalue weighted by Crippen LogP contribution is 2.31. The molecular formula is C18H21N3O4. The Bertz CT molecular complexity index is 756. The van der Waals surface area contributed by atoms with E-state index in [1.807, 2.05) is 24.3 Å². The third-order valence-corrected chi connectivity index (χ3v) is 4.46. The third-order valence-electron chi connectivity index (χ3n) is 4.46. The first kappa shape index (κ1) is 16.1. The Hall–Kier alpha value is -2.41. The lowest BCUT2D eigenvalue weighted by atomic mass is 10.1. The molecule has 1 saturated heterocycles. The minimum atomic E-state index is -0.390. The maximum atomic E-state index is 13.0. The van der Waals surface area contributed by atoms with Gasteiger partial charge in [0.05, 0.1) is 25.3 Å². The Morgan fingerprint density at radius 1 is 1.32 bits per heavy atom. The van der Waals surface area contributed by atoms with Crippen molar-refractivity contribution in [2.75, 3.05) is 26.3 Å². The normalized spacial score (nSPS) is 20.5. The van der Waals surface area contributed by atoms with Crippen molar-refractivity contribution in [2.24, 2.45) is 5.92 Å². The van der Waals surface area contributed by atoms with Crippen LogP contribution in [-0.4, -0.2) is 47.3 Å². The van der Waals surface area contributed by atoms with Gasteiger partial charge in [0, 0.05) is 13.5 Å². The number of aromatic nitrogens is 2. The molecule has 0 N–H and O–H groups in total. The van der Waals surface area contributed by atoms with E-state index in [2.05, 4.69) is 10.2 Å². The number of para-hydroxylation sites is 1. The molecule has 2 aliphatic rings. The zero-order valence-electron chi connectivity index (χ0n) is 14.2. The topological polar surface area (TPSA) is 77.7 Å². The third kappa shape index (κ3) is 3.66. The van der Waals surface area contributed by atoms with Crippen molar-refractivity contribution in [3.8, 4) is 5.75 Å².